The van der Waals surface area contributed by atoms with E-state index < -0.39 is 62.4 Å². The van der Waals surface area contributed by atoms with Crippen LogP contribution in [0, 0.1) is 17.5 Å². The summed E-state index contributed by atoms with van der Waals surface area (Å²) in [5.41, 5.74) is -1.19. The van der Waals surface area contributed by atoms with E-state index in [1.807, 2.05) is 0 Å². The minimum atomic E-state index is -4.91. The predicted octanol–water partition coefficient (Wildman–Crippen LogP) is 2.85. The fourth-order valence-corrected chi connectivity index (χ4v) is 4.89. The number of rotatable bonds is 14. The van der Waals surface area contributed by atoms with E-state index in [-0.39, 0.29) is 17.8 Å². The molecule has 2 aromatic heterocycles. The molecule has 0 aliphatic heterocycles. The molecule has 3 aromatic rings. The van der Waals surface area contributed by atoms with E-state index in [0.29, 0.717) is 9.37 Å². The Morgan fingerprint density at radius 3 is 2.44 bits per heavy atom. The summed E-state index contributed by atoms with van der Waals surface area (Å²) in [7, 11) is -4.91. The first-order valence-corrected chi connectivity index (χ1v) is 14.1. The molecule has 0 aliphatic rings. The highest BCUT2D eigenvalue weighted by Crippen LogP contribution is 2.36. The Balaban J connectivity index is 1.92. The quantitative estimate of drug-likeness (QED) is 0.0866. The third-order valence-electron chi connectivity index (χ3n) is 4.95. The lowest BCUT2D eigenvalue weighted by atomic mass is 10.1. The summed E-state index contributed by atoms with van der Waals surface area (Å²) < 4.78 is 69.6. The molecule has 0 saturated carbocycles. The van der Waals surface area contributed by atoms with Crippen LogP contribution in [0.1, 0.15) is 6.92 Å². The second kappa shape index (κ2) is 14.1. The molecule has 0 fully saturated rings. The van der Waals surface area contributed by atoms with Crippen molar-refractivity contribution in [2.75, 3.05) is 13.4 Å². The molecule has 2 unspecified atom stereocenters. The molecule has 39 heavy (non-hydrogen) atoms. The van der Waals surface area contributed by atoms with E-state index >= 15 is 0 Å². The number of aliphatic hydroxyl groups is 2. The van der Waals surface area contributed by atoms with Gasteiger partial charge < -0.3 is 29.5 Å². The summed E-state index contributed by atoms with van der Waals surface area (Å²) in [6.07, 6.45) is 0.958. The van der Waals surface area contributed by atoms with Crippen LogP contribution in [-0.2, 0) is 25.1 Å². The van der Waals surface area contributed by atoms with Gasteiger partial charge >= 0.3 is 7.82 Å². The number of hydrogen-bond acceptors (Lipinski definition) is 10. The van der Waals surface area contributed by atoms with Gasteiger partial charge in [0.15, 0.2) is 24.2 Å². The Morgan fingerprint density at radius 1 is 1.15 bits per heavy atom. The summed E-state index contributed by atoms with van der Waals surface area (Å²) in [5.74, 6) is -4.48. The maximum absolute atomic E-state index is 13.7. The fourth-order valence-electron chi connectivity index (χ4n) is 3.08. The monoisotopic (exact) mass is 658 g/mol. The van der Waals surface area contributed by atoms with Crippen molar-refractivity contribution in [3.63, 3.8) is 0 Å². The lowest BCUT2D eigenvalue weighted by Gasteiger charge is -2.31. The van der Waals surface area contributed by atoms with Gasteiger partial charge in [-0.25, -0.2) is 22.4 Å². The van der Waals surface area contributed by atoms with E-state index in [1.54, 1.807) is 6.07 Å². The molecule has 4 atom stereocenters. The lowest BCUT2D eigenvalue weighted by Crippen LogP contribution is -2.41. The highest BCUT2D eigenvalue weighted by molar-refractivity contribution is 9.10. The van der Waals surface area contributed by atoms with Gasteiger partial charge in [-0.3, -0.25) is 9.51 Å². The number of hydrogen-bond donors (Lipinski definition) is 4. The van der Waals surface area contributed by atoms with E-state index in [9.17, 15) is 27.9 Å². The molecule has 18 heteroatoms. The van der Waals surface area contributed by atoms with E-state index in [0.717, 1.165) is 23.9 Å². The van der Waals surface area contributed by atoms with Gasteiger partial charge in [0.2, 0.25) is 0 Å². The zero-order chi connectivity index (χ0) is 28.7. The van der Waals surface area contributed by atoms with Gasteiger partial charge in [0.1, 0.15) is 23.3 Å². The van der Waals surface area contributed by atoms with Gasteiger partial charge in [0.25, 0.3) is 0 Å². The number of benzene rings is 1. The number of thioether (sulfide) groups is 1. The average molecular weight is 659 g/mol. The van der Waals surface area contributed by atoms with Crippen LogP contribution in [0.15, 0.2) is 46.2 Å². The number of halogens is 4. The van der Waals surface area contributed by atoms with Crippen LogP contribution in [0.4, 0.5) is 13.2 Å². The fraction of sp³-hybridized carbons (Fsp3) is 0.381. The zero-order valence-corrected chi connectivity index (χ0v) is 23.3. The minimum absolute atomic E-state index is 0.0171. The van der Waals surface area contributed by atoms with Gasteiger partial charge in [-0.05, 0) is 41.1 Å². The Bertz CT molecular complexity index is 1280. The first kappa shape index (κ1) is 31.6. The van der Waals surface area contributed by atoms with Crippen molar-refractivity contribution >= 4 is 35.5 Å². The molecular weight excluding hydrogens is 636 g/mol. The maximum Gasteiger partial charge on any atom is 0.471 e. The summed E-state index contributed by atoms with van der Waals surface area (Å²) >= 11 is 4.34. The number of phosphoric ester groups is 1. The topological polar surface area (TPSA) is 169 Å². The normalized spacial score (nSPS) is 15.2. The van der Waals surface area contributed by atoms with Crippen molar-refractivity contribution in [1.82, 2.24) is 20.0 Å². The maximum atomic E-state index is 13.7. The van der Waals surface area contributed by atoms with Crippen LogP contribution < -0.4 is 0 Å². The molecular formula is C21H23BrF3N4O8PS. The van der Waals surface area contributed by atoms with Crippen molar-refractivity contribution in [3.05, 3.63) is 58.7 Å². The van der Waals surface area contributed by atoms with Gasteiger partial charge in [-0.1, -0.05) is 17.0 Å². The van der Waals surface area contributed by atoms with E-state index in [4.69, 9.17) is 19.3 Å². The van der Waals surface area contributed by atoms with Crippen LogP contribution in [0.3, 0.4) is 0 Å². The Morgan fingerprint density at radius 2 is 1.85 bits per heavy atom. The summed E-state index contributed by atoms with van der Waals surface area (Å²) in [5, 5.41) is 27.4. The number of aromatic nitrogens is 4. The summed E-state index contributed by atoms with van der Waals surface area (Å²) in [6.45, 7) is -0.297. The number of phosphoric acid groups is 1. The van der Waals surface area contributed by atoms with Crippen molar-refractivity contribution < 1.29 is 51.7 Å². The standard InChI is InChI=1S/C21H23BrF3N4O8PS/c1-11(31)19(9-30)37-21(39-14-4-13(22)5-26-6-14)18(35-10-36-38(32,33)34)8-29-7-17(27-28-29)12-2-15(23)20(25)16(24)3-12/h2-7,11,18-19,21,30-31H,8-10H2,1H3,(H2,32,33,34)/t11-,18+,19?,21?/m1/s1. The Labute approximate surface area is 232 Å². The highest BCUT2D eigenvalue weighted by atomic mass is 79.9. The smallest absolute Gasteiger partial charge is 0.394 e. The van der Waals surface area contributed by atoms with Gasteiger partial charge in [0, 0.05) is 27.3 Å². The van der Waals surface area contributed by atoms with Crippen LogP contribution in [0.5, 0.6) is 0 Å². The third kappa shape index (κ3) is 9.60. The van der Waals surface area contributed by atoms with Crippen LogP contribution in [-0.4, -0.2) is 77.1 Å². The minimum Gasteiger partial charge on any atom is -0.394 e. The van der Waals surface area contributed by atoms with E-state index in [1.165, 1.54) is 30.2 Å². The highest BCUT2D eigenvalue weighted by Gasteiger charge is 2.31. The average Bonchev–Trinajstić information content (AvgIpc) is 3.32. The summed E-state index contributed by atoms with van der Waals surface area (Å²) in [4.78, 5) is 22.7. The third-order valence-corrected chi connectivity index (χ3v) is 6.97. The molecule has 4 N–H and O–H groups in total. The Kier molecular flexibility index (Phi) is 11.4. The molecule has 0 amide bonds. The van der Waals surface area contributed by atoms with E-state index in [2.05, 4.69) is 35.7 Å². The molecule has 3 rings (SSSR count). The van der Waals surface area contributed by atoms with Gasteiger partial charge in [-0.15, -0.1) is 5.10 Å². The largest absolute Gasteiger partial charge is 0.471 e. The molecule has 0 bridgehead atoms. The number of pyridine rings is 1. The van der Waals surface area contributed by atoms with Crippen molar-refractivity contribution in [1.29, 1.82) is 0 Å². The molecule has 2 heterocycles. The van der Waals surface area contributed by atoms with Crippen LogP contribution >= 0.6 is 35.5 Å². The molecule has 0 spiro atoms. The molecule has 214 valence electrons. The molecule has 0 radical (unpaired) electrons. The number of ether oxygens (including phenoxy) is 2. The SMILES string of the molecule is C[C@@H](O)C(CO)OC(Sc1cncc(Br)c1)[C@H](Cn1cc(-c2cc(F)c(F)c(F)c2)nn1)OCOP(=O)(O)O. The van der Waals surface area contributed by atoms with Crippen molar-refractivity contribution in [2.24, 2.45) is 0 Å². The molecule has 12 nitrogen and oxygen atoms in total. The molecule has 1 aromatic carbocycles. The second-order valence-electron chi connectivity index (χ2n) is 7.95. The first-order valence-electron chi connectivity index (χ1n) is 10.9. The van der Waals surface area contributed by atoms with Gasteiger partial charge in [0.05, 0.1) is 25.5 Å². The number of aliphatic hydroxyl groups excluding tert-OH is 2. The molecule has 0 saturated heterocycles. The zero-order valence-electron chi connectivity index (χ0n) is 20.0. The summed E-state index contributed by atoms with van der Waals surface area (Å²) in [6, 6.07) is 3.18. The first-order chi connectivity index (χ1) is 18.4. The lowest BCUT2D eigenvalue weighted by molar-refractivity contribution is -0.133. The molecule has 0 aliphatic carbocycles. The van der Waals surface area contributed by atoms with Crippen LogP contribution in [0.2, 0.25) is 0 Å². The number of nitrogens with zero attached hydrogens (tertiary/aromatic N) is 4. The Hall–Kier alpha value is -1.92. The van der Waals surface area contributed by atoms with Crippen molar-refractivity contribution in [2.45, 2.75) is 42.1 Å². The van der Waals surface area contributed by atoms with Gasteiger partial charge in [-0.2, -0.15) is 0 Å². The van der Waals surface area contributed by atoms with Crippen LogP contribution in [0.25, 0.3) is 11.3 Å². The predicted molar refractivity (Wildman–Crippen MR) is 133 cm³/mol. The second-order valence-corrected chi connectivity index (χ2v) is 11.3. The van der Waals surface area contributed by atoms with Crippen molar-refractivity contribution in [3.8, 4) is 11.3 Å².